The fourth-order valence-corrected chi connectivity index (χ4v) is 5.52. The summed E-state index contributed by atoms with van der Waals surface area (Å²) < 4.78 is 39.7. The molecule has 0 unspecified atom stereocenters. The van der Waals surface area contributed by atoms with Crippen LogP contribution in [-0.2, 0) is 23.1 Å². The Bertz CT molecular complexity index is 1940. The summed E-state index contributed by atoms with van der Waals surface area (Å²) in [6, 6.07) is 24.1. The van der Waals surface area contributed by atoms with Crippen LogP contribution in [0.4, 0.5) is 5.69 Å². The number of hydrogen-bond acceptors (Lipinski definition) is 12. The van der Waals surface area contributed by atoms with E-state index in [1.807, 2.05) is 18.2 Å². The van der Waals surface area contributed by atoms with Gasteiger partial charge in [-0.2, -0.15) is 10.2 Å². The number of sulfonamides is 1. The van der Waals surface area contributed by atoms with Crippen LogP contribution in [0, 0.1) is 0 Å². The second-order valence-corrected chi connectivity index (χ2v) is 11.8. The molecule has 3 heterocycles. The third kappa shape index (κ3) is 7.76. The number of benzene rings is 3. The van der Waals surface area contributed by atoms with Crippen LogP contribution in [0.2, 0.25) is 0 Å². The molecule has 0 bridgehead atoms. The molecule has 0 saturated heterocycles. The Morgan fingerprint density at radius 3 is 2.41 bits per heavy atom. The molecule has 0 saturated carbocycles. The third-order valence-corrected chi connectivity index (χ3v) is 8.31. The zero-order chi connectivity index (χ0) is 31.8. The lowest BCUT2D eigenvalue weighted by Gasteiger charge is -2.12. The molecule has 0 aliphatic heterocycles. The third-order valence-electron chi connectivity index (χ3n) is 6.91. The number of nitrogens with one attached hydrogen (secondary N) is 3. The zero-order valence-electron chi connectivity index (χ0n) is 24.3. The molecule has 0 amide bonds. The van der Waals surface area contributed by atoms with Crippen molar-refractivity contribution in [3.05, 3.63) is 114 Å². The number of ether oxygens (including phenoxy) is 1. The fourth-order valence-electron chi connectivity index (χ4n) is 4.46. The molecular weight excluding hydrogens is 610 g/mol. The van der Waals surface area contributed by atoms with Gasteiger partial charge in [-0.05, 0) is 90.5 Å². The molecule has 3 aromatic carbocycles. The SMILES string of the molecule is O=S(=O)(Nc1ccc(CCNC[C@H](O)c2cccnc2)cc1)c1ccc(-c2noc(COc3ccc(-c4nn[nH]n4)cc3)n2)cc1. The second-order valence-electron chi connectivity index (χ2n) is 10.1. The monoisotopic (exact) mass is 639 g/mol. The van der Waals surface area contributed by atoms with Crippen molar-refractivity contribution in [3.63, 3.8) is 0 Å². The van der Waals surface area contributed by atoms with Crippen LogP contribution >= 0.6 is 0 Å². The molecule has 0 spiro atoms. The van der Waals surface area contributed by atoms with Crippen LogP contribution < -0.4 is 14.8 Å². The van der Waals surface area contributed by atoms with Crippen molar-refractivity contribution in [1.82, 2.24) is 41.1 Å². The second kappa shape index (κ2) is 14.1. The molecule has 15 heteroatoms. The summed E-state index contributed by atoms with van der Waals surface area (Å²) in [6.45, 7) is 1.11. The molecule has 0 aliphatic rings. The molecule has 0 aliphatic carbocycles. The van der Waals surface area contributed by atoms with Gasteiger partial charge >= 0.3 is 0 Å². The first-order valence-corrected chi connectivity index (χ1v) is 15.7. The molecule has 234 valence electrons. The Morgan fingerprint density at radius 2 is 1.70 bits per heavy atom. The van der Waals surface area contributed by atoms with Crippen molar-refractivity contribution in [2.24, 2.45) is 0 Å². The van der Waals surface area contributed by atoms with Crippen LogP contribution in [0.15, 0.2) is 107 Å². The summed E-state index contributed by atoms with van der Waals surface area (Å²) in [6.07, 6.45) is 3.39. The molecule has 1 atom stereocenters. The number of aromatic amines is 1. The van der Waals surface area contributed by atoms with E-state index in [4.69, 9.17) is 9.26 Å². The van der Waals surface area contributed by atoms with E-state index in [0.29, 0.717) is 48.2 Å². The number of anilines is 1. The number of aliphatic hydroxyl groups excluding tert-OH is 1. The average molecular weight is 640 g/mol. The first-order valence-electron chi connectivity index (χ1n) is 14.2. The molecule has 0 radical (unpaired) electrons. The van der Waals surface area contributed by atoms with Crippen molar-refractivity contribution in [2.45, 2.75) is 24.0 Å². The average Bonchev–Trinajstić information content (AvgIpc) is 3.81. The highest BCUT2D eigenvalue weighted by atomic mass is 32.2. The number of aliphatic hydroxyl groups is 1. The predicted molar refractivity (Wildman–Crippen MR) is 167 cm³/mol. The summed E-state index contributed by atoms with van der Waals surface area (Å²) in [7, 11) is -3.83. The summed E-state index contributed by atoms with van der Waals surface area (Å²) in [4.78, 5) is 8.46. The Kier molecular flexibility index (Phi) is 9.33. The van der Waals surface area contributed by atoms with Gasteiger partial charge < -0.3 is 19.7 Å². The largest absolute Gasteiger partial charge is 0.484 e. The van der Waals surface area contributed by atoms with Gasteiger partial charge in [0.15, 0.2) is 6.61 Å². The molecule has 0 fully saturated rings. The van der Waals surface area contributed by atoms with Crippen molar-refractivity contribution in [2.75, 3.05) is 17.8 Å². The van der Waals surface area contributed by atoms with E-state index in [-0.39, 0.29) is 17.4 Å². The highest BCUT2D eigenvalue weighted by molar-refractivity contribution is 7.92. The fraction of sp³-hybridized carbons (Fsp3) is 0.161. The molecule has 14 nitrogen and oxygen atoms in total. The number of aromatic nitrogens is 7. The van der Waals surface area contributed by atoms with Crippen LogP contribution in [0.1, 0.15) is 23.1 Å². The van der Waals surface area contributed by atoms with Gasteiger partial charge in [-0.25, -0.2) is 8.42 Å². The Morgan fingerprint density at radius 1 is 0.935 bits per heavy atom. The van der Waals surface area contributed by atoms with Gasteiger partial charge in [0.25, 0.3) is 15.9 Å². The van der Waals surface area contributed by atoms with Gasteiger partial charge in [0.2, 0.25) is 11.6 Å². The number of H-pyrrole nitrogens is 1. The molecule has 46 heavy (non-hydrogen) atoms. The Balaban J connectivity index is 0.977. The molecule has 4 N–H and O–H groups in total. The summed E-state index contributed by atoms with van der Waals surface area (Å²) >= 11 is 0. The van der Waals surface area contributed by atoms with E-state index in [0.717, 1.165) is 16.7 Å². The molecule has 3 aromatic heterocycles. The maximum Gasteiger partial charge on any atom is 0.264 e. The van der Waals surface area contributed by atoms with Crippen LogP contribution in [-0.4, -0.2) is 62.4 Å². The maximum absolute atomic E-state index is 13.0. The number of hydrogen-bond donors (Lipinski definition) is 4. The number of tetrazole rings is 1. The van der Waals surface area contributed by atoms with E-state index in [1.165, 1.54) is 12.1 Å². The van der Waals surface area contributed by atoms with Crippen molar-refractivity contribution in [3.8, 4) is 28.5 Å². The Labute approximate surface area is 263 Å². The van der Waals surface area contributed by atoms with E-state index >= 15 is 0 Å². The van der Waals surface area contributed by atoms with E-state index in [2.05, 4.69) is 45.8 Å². The van der Waals surface area contributed by atoms with Crippen molar-refractivity contribution >= 4 is 15.7 Å². The lowest BCUT2D eigenvalue weighted by molar-refractivity contribution is 0.174. The topological polar surface area (TPSA) is 194 Å². The van der Waals surface area contributed by atoms with Gasteiger partial charge in [-0.15, -0.1) is 10.2 Å². The highest BCUT2D eigenvalue weighted by Gasteiger charge is 2.16. The van der Waals surface area contributed by atoms with Gasteiger partial charge in [0.1, 0.15) is 5.75 Å². The van der Waals surface area contributed by atoms with Crippen LogP contribution in [0.5, 0.6) is 5.75 Å². The normalized spacial score (nSPS) is 12.1. The van der Waals surface area contributed by atoms with E-state index < -0.39 is 16.1 Å². The van der Waals surface area contributed by atoms with E-state index in [1.54, 1.807) is 67.0 Å². The van der Waals surface area contributed by atoms with Crippen molar-refractivity contribution < 1.29 is 22.8 Å². The van der Waals surface area contributed by atoms with Crippen molar-refractivity contribution in [1.29, 1.82) is 0 Å². The minimum Gasteiger partial charge on any atom is -0.484 e. The highest BCUT2D eigenvalue weighted by Crippen LogP contribution is 2.23. The predicted octanol–water partition coefficient (Wildman–Crippen LogP) is 3.56. The van der Waals surface area contributed by atoms with Crippen LogP contribution in [0.25, 0.3) is 22.8 Å². The summed E-state index contributed by atoms with van der Waals surface area (Å²) in [5.74, 6) is 1.64. The first-order chi connectivity index (χ1) is 22.4. The van der Waals surface area contributed by atoms with Gasteiger partial charge in [0.05, 0.1) is 11.0 Å². The summed E-state index contributed by atoms with van der Waals surface area (Å²) in [5, 5.41) is 31.3. The van der Waals surface area contributed by atoms with Gasteiger partial charge in [-0.3, -0.25) is 9.71 Å². The molecular formula is C31H29N9O5S. The minimum atomic E-state index is -3.83. The van der Waals surface area contributed by atoms with Gasteiger partial charge in [0, 0.05) is 41.3 Å². The molecule has 6 aromatic rings. The van der Waals surface area contributed by atoms with Crippen LogP contribution in [0.3, 0.4) is 0 Å². The van der Waals surface area contributed by atoms with Gasteiger partial charge in [-0.1, -0.05) is 23.4 Å². The Hall–Kier alpha value is -5.51. The number of pyridine rings is 1. The smallest absolute Gasteiger partial charge is 0.264 e. The standard InChI is InChI=1S/C31H29N9O5S/c41-28(24-2-1-16-32-18-24)19-33-17-15-21-3-9-25(10-4-21)38-46(42,43)27-13-7-22(8-14-27)30-34-29(45-37-30)20-44-26-11-5-23(6-12-26)31-35-39-40-36-31/h1-14,16,18,28,33,38,41H,15,17,19-20H2,(H,35,36,39,40)/t28-/m0/s1. The molecule has 6 rings (SSSR count). The number of nitrogens with zero attached hydrogens (tertiary/aromatic N) is 6. The lowest BCUT2D eigenvalue weighted by atomic mass is 10.1. The first kappa shape index (κ1) is 30.5. The summed E-state index contributed by atoms with van der Waals surface area (Å²) in [5.41, 5.74) is 3.60. The van der Waals surface area contributed by atoms with E-state index in [9.17, 15) is 13.5 Å². The lowest BCUT2D eigenvalue weighted by Crippen LogP contribution is -2.23. The number of rotatable bonds is 14. The quantitative estimate of drug-likeness (QED) is 0.127. The zero-order valence-corrected chi connectivity index (χ0v) is 25.1. The maximum atomic E-state index is 13.0. The minimum absolute atomic E-state index is 0.0511.